The third kappa shape index (κ3) is 4.64. The molecule has 0 radical (unpaired) electrons. The maximum absolute atomic E-state index is 12.6. The van der Waals surface area contributed by atoms with E-state index in [0.29, 0.717) is 0 Å². The lowest BCUT2D eigenvalue weighted by molar-refractivity contribution is -0.118. The van der Waals surface area contributed by atoms with Crippen LogP contribution in [0.5, 0.6) is 0 Å². The molecule has 1 aliphatic rings. The first-order valence-corrected chi connectivity index (χ1v) is 14.5. The van der Waals surface area contributed by atoms with Crippen LogP contribution in [0.1, 0.15) is 40.0 Å². The van der Waals surface area contributed by atoms with Gasteiger partial charge >= 0.3 is 0 Å². The third-order valence-electron chi connectivity index (χ3n) is 6.20. The molecule has 1 fully saturated rings. The zero-order valence-electron chi connectivity index (χ0n) is 19.5. The highest BCUT2D eigenvalue weighted by Crippen LogP contribution is 2.48. The summed E-state index contributed by atoms with van der Waals surface area (Å²) in [4.78, 5) is 35.8. The molecule has 178 valence electrons. The van der Waals surface area contributed by atoms with Crippen molar-refractivity contribution < 1.29 is 19.4 Å². The van der Waals surface area contributed by atoms with Crippen LogP contribution in [0, 0.1) is 5.92 Å². The van der Waals surface area contributed by atoms with Crippen LogP contribution < -0.4 is 10.9 Å². The summed E-state index contributed by atoms with van der Waals surface area (Å²) in [7, 11) is -2.27. The van der Waals surface area contributed by atoms with Crippen LogP contribution in [-0.2, 0) is 9.22 Å². The minimum atomic E-state index is -2.27. The van der Waals surface area contributed by atoms with Crippen molar-refractivity contribution >= 4 is 43.1 Å². The van der Waals surface area contributed by atoms with Crippen molar-refractivity contribution in [1.82, 2.24) is 19.5 Å². The number of imidazole rings is 1. The van der Waals surface area contributed by atoms with Gasteiger partial charge in [0.25, 0.3) is 5.56 Å². The number of aliphatic hydroxyl groups excluding tert-OH is 2. The minimum absolute atomic E-state index is 0.0343. The van der Waals surface area contributed by atoms with Gasteiger partial charge in [-0.05, 0) is 18.1 Å². The fraction of sp³-hybridized carbons (Fsp3) is 0.700. The summed E-state index contributed by atoms with van der Waals surface area (Å²) in [5.74, 6) is -0.523. The summed E-state index contributed by atoms with van der Waals surface area (Å²) in [6, 6.07) is 0. The van der Waals surface area contributed by atoms with E-state index in [9.17, 15) is 19.8 Å². The molecule has 0 saturated carbocycles. The van der Waals surface area contributed by atoms with Crippen molar-refractivity contribution in [3.63, 3.8) is 0 Å². The van der Waals surface area contributed by atoms with Gasteiger partial charge in [-0.2, -0.15) is 4.98 Å². The van der Waals surface area contributed by atoms with Crippen molar-refractivity contribution in [1.29, 1.82) is 0 Å². The number of carbonyl (C=O) groups is 1. The van der Waals surface area contributed by atoms with Crippen LogP contribution in [-0.4, -0.2) is 68.0 Å². The standard InChI is InChI=1S/C20H33N5O5SSi/c1-10(2)16(28)23-19-22-15-12(17(29)24-19)21-9-25(15)18-14(13(27)11(8-26)31-18)30-32(6,7)20(3,4)5/h9-11,13-14,18,26-27H,8H2,1-7H3,(H2,22,23,24,28,29)/t11-,13-,14?,18-/m1/s1. The number of aromatic nitrogens is 4. The Bertz CT molecular complexity index is 1050. The third-order valence-corrected chi connectivity index (χ3v) is 12.2. The van der Waals surface area contributed by atoms with Gasteiger partial charge in [-0.3, -0.25) is 24.5 Å². The Kier molecular flexibility index (Phi) is 6.92. The molecule has 1 aliphatic heterocycles. The van der Waals surface area contributed by atoms with E-state index in [1.165, 1.54) is 18.1 Å². The van der Waals surface area contributed by atoms with Crippen LogP contribution >= 0.6 is 11.8 Å². The number of carbonyl (C=O) groups excluding carboxylic acids is 1. The highest BCUT2D eigenvalue weighted by Gasteiger charge is 2.50. The Balaban J connectivity index is 2.05. The van der Waals surface area contributed by atoms with Crippen molar-refractivity contribution in [2.75, 3.05) is 11.9 Å². The second-order valence-electron chi connectivity index (χ2n) is 9.96. The van der Waals surface area contributed by atoms with E-state index in [-0.39, 0.29) is 40.6 Å². The number of hydrogen-bond acceptors (Lipinski definition) is 8. The van der Waals surface area contributed by atoms with E-state index in [1.54, 1.807) is 18.4 Å². The van der Waals surface area contributed by atoms with E-state index in [0.717, 1.165) is 0 Å². The second-order valence-corrected chi connectivity index (χ2v) is 16.1. The van der Waals surface area contributed by atoms with E-state index in [4.69, 9.17) is 4.43 Å². The quantitative estimate of drug-likeness (QED) is 0.457. The van der Waals surface area contributed by atoms with Crippen LogP contribution in [0.15, 0.2) is 11.1 Å². The predicted molar refractivity (Wildman–Crippen MR) is 127 cm³/mol. The Morgan fingerprint density at radius 3 is 2.62 bits per heavy atom. The fourth-order valence-corrected chi connectivity index (χ4v) is 5.99. The Morgan fingerprint density at radius 2 is 2.06 bits per heavy atom. The summed E-state index contributed by atoms with van der Waals surface area (Å²) in [5.41, 5.74) is -0.0713. The maximum atomic E-state index is 12.6. The minimum Gasteiger partial charge on any atom is -0.408 e. The van der Waals surface area contributed by atoms with Gasteiger partial charge in [-0.25, -0.2) is 4.98 Å². The molecule has 3 rings (SSSR count). The molecule has 2 aromatic heterocycles. The van der Waals surface area contributed by atoms with Crippen LogP contribution in [0.2, 0.25) is 18.1 Å². The molecule has 2 aromatic rings. The molecule has 0 spiro atoms. The van der Waals surface area contributed by atoms with Crippen molar-refractivity contribution in [3.8, 4) is 0 Å². The van der Waals surface area contributed by atoms with Crippen molar-refractivity contribution in [2.45, 2.75) is 75.6 Å². The SMILES string of the molecule is CC(C)C(=O)Nc1nc2c(ncn2[C@@H]2S[C@H](CO)[C@@H](O)C2O[Si](C)(C)C(C)(C)C)c(=O)[nH]1. The molecule has 1 amide bonds. The number of aliphatic hydroxyl groups is 2. The first kappa shape index (κ1) is 24.9. The molecule has 10 nitrogen and oxygen atoms in total. The molecule has 32 heavy (non-hydrogen) atoms. The molecule has 4 atom stereocenters. The Morgan fingerprint density at radius 1 is 1.41 bits per heavy atom. The molecule has 3 heterocycles. The first-order valence-electron chi connectivity index (χ1n) is 10.7. The zero-order valence-corrected chi connectivity index (χ0v) is 21.4. The lowest BCUT2D eigenvalue weighted by atomic mass is 10.1. The number of nitrogens with one attached hydrogen (secondary N) is 2. The average Bonchev–Trinajstić information content (AvgIpc) is 3.22. The zero-order chi connectivity index (χ0) is 24.0. The number of thioether (sulfide) groups is 1. The lowest BCUT2D eigenvalue weighted by Gasteiger charge is -2.40. The van der Waals surface area contributed by atoms with Gasteiger partial charge in [-0.15, -0.1) is 11.8 Å². The monoisotopic (exact) mass is 483 g/mol. The molecule has 1 unspecified atom stereocenters. The van der Waals surface area contributed by atoms with Gasteiger partial charge in [0.1, 0.15) is 11.5 Å². The summed E-state index contributed by atoms with van der Waals surface area (Å²) >= 11 is 1.36. The molecule has 12 heteroatoms. The topological polar surface area (TPSA) is 142 Å². The average molecular weight is 484 g/mol. The molecular formula is C20H33N5O5SSi. The van der Waals surface area contributed by atoms with Crippen LogP contribution in [0.25, 0.3) is 11.2 Å². The van der Waals surface area contributed by atoms with Gasteiger partial charge in [0.15, 0.2) is 19.5 Å². The number of hydrogen-bond donors (Lipinski definition) is 4. The normalized spacial score (nSPS) is 24.4. The van der Waals surface area contributed by atoms with Gasteiger partial charge in [0, 0.05) is 5.92 Å². The smallest absolute Gasteiger partial charge is 0.280 e. The summed E-state index contributed by atoms with van der Waals surface area (Å²) in [5, 5.41) is 22.4. The molecule has 0 bridgehead atoms. The summed E-state index contributed by atoms with van der Waals surface area (Å²) in [6.07, 6.45) is -0.0264. The largest absolute Gasteiger partial charge is 0.408 e. The second kappa shape index (κ2) is 8.90. The number of aromatic amines is 1. The highest BCUT2D eigenvalue weighted by atomic mass is 32.2. The van der Waals surface area contributed by atoms with Crippen molar-refractivity contribution in [2.24, 2.45) is 5.92 Å². The Labute approximate surface area is 192 Å². The van der Waals surface area contributed by atoms with Crippen LogP contribution in [0.4, 0.5) is 5.95 Å². The lowest BCUT2D eigenvalue weighted by Crippen LogP contribution is -2.48. The number of fused-ring (bicyclic) bond motifs is 1. The number of H-pyrrole nitrogens is 1. The molecule has 0 aromatic carbocycles. The van der Waals surface area contributed by atoms with Gasteiger partial charge < -0.3 is 14.6 Å². The van der Waals surface area contributed by atoms with E-state index in [1.807, 2.05) is 0 Å². The maximum Gasteiger partial charge on any atom is 0.280 e. The number of rotatable bonds is 6. The predicted octanol–water partition coefficient (Wildman–Crippen LogP) is 2.07. The number of nitrogens with zero attached hydrogens (tertiary/aromatic N) is 3. The number of amides is 1. The Hall–Kier alpha value is -1.73. The highest BCUT2D eigenvalue weighted by molar-refractivity contribution is 8.00. The summed E-state index contributed by atoms with van der Waals surface area (Å²) < 4.78 is 8.27. The van der Waals surface area contributed by atoms with Crippen LogP contribution in [0.3, 0.4) is 0 Å². The first-order chi connectivity index (χ1) is 14.8. The van der Waals surface area contributed by atoms with Gasteiger partial charge in [-0.1, -0.05) is 34.6 Å². The summed E-state index contributed by atoms with van der Waals surface area (Å²) in [6.45, 7) is 13.8. The fourth-order valence-electron chi connectivity index (χ4n) is 3.17. The molecular weight excluding hydrogens is 450 g/mol. The molecule has 4 N–H and O–H groups in total. The van der Waals surface area contributed by atoms with E-state index in [2.05, 4.69) is 54.1 Å². The molecule has 0 aliphatic carbocycles. The number of anilines is 1. The van der Waals surface area contributed by atoms with Gasteiger partial charge in [0.2, 0.25) is 11.9 Å². The van der Waals surface area contributed by atoms with Crippen molar-refractivity contribution in [3.05, 3.63) is 16.7 Å². The molecule has 1 saturated heterocycles. The van der Waals surface area contributed by atoms with E-state index < -0.39 is 36.7 Å². The van der Waals surface area contributed by atoms with Gasteiger partial charge in [0.05, 0.1) is 24.3 Å². The van der Waals surface area contributed by atoms with E-state index >= 15 is 0 Å².